The van der Waals surface area contributed by atoms with Crippen LogP contribution in [0, 0.1) is 11.3 Å². The number of H-pyrrole nitrogens is 1. The number of imidazole rings is 1. The van der Waals surface area contributed by atoms with Crippen molar-refractivity contribution in [3.63, 3.8) is 0 Å². The molecule has 2 unspecified atom stereocenters. The maximum Gasteiger partial charge on any atom is 0.123 e. The highest BCUT2D eigenvalue weighted by Crippen LogP contribution is 2.64. The molecule has 2 N–H and O–H groups in total. The molecule has 4 heteroatoms. The number of hydrogen-bond donors (Lipinski definition) is 2. The summed E-state index contributed by atoms with van der Waals surface area (Å²) in [5.74, 6) is 1.79. The lowest BCUT2D eigenvalue weighted by atomic mass is 9.62. The molecule has 1 aromatic carbocycles. The number of aromatic amines is 1. The molecule has 0 bridgehead atoms. The Morgan fingerprint density at radius 1 is 1.38 bits per heavy atom. The predicted octanol–water partition coefficient (Wildman–Crippen LogP) is 7.96. The number of fused-ring (bicyclic) bond motifs is 1. The average molecular weight is 495 g/mol. The van der Waals surface area contributed by atoms with Crippen LogP contribution in [0.15, 0.2) is 58.7 Å². The first-order valence-corrected chi connectivity index (χ1v) is 12.8. The number of unbranched alkanes of at least 4 members (excludes halogenated alkanes) is 1. The van der Waals surface area contributed by atoms with Gasteiger partial charge in [-0.25, -0.2) is 4.98 Å². The molecule has 2 aliphatic carbocycles. The van der Waals surface area contributed by atoms with Crippen LogP contribution in [0.3, 0.4) is 0 Å². The van der Waals surface area contributed by atoms with Crippen molar-refractivity contribution in [3.8, 4) is 11.3 Å². The summed E-state index contributed by atoms with van der Waals surface area (Å²) in [5.41, 5.74) is 8.06. The Morgan fingerprint density at radius 3 is 2.69 bits per heavy atom. The number of aromatic nitrogens is 2. The first-order valence-electron chi connectivity index (χ1n) is 12.0. The van der Waals surface area contributed by atoms with E-state index in [1.54, 1.807) is 0 Å². The highest BCUT2D eigenvalue weighted by Gasteiger charge is 2.52. The number of allylic oxidation sites excluding steroid dienone is 5. The van der Waals surface area contributed by atoms with E-state index in [0.29, 0.717) is 5.41 Å². The van der Waals surface area contributed by atoms with E-state index >= 15 is 0 Å². The van der Waals surface area contributed by atoms with E-state index < -0.39 is 0 Å². The van der Waals surface area contributed by atoms with E-state index in [1.807, 2.05) is 19.3 Å². The second kappa shape index (κ2) is 9.52. The van der Waals surface area contributed by atoms with Gasteiger partial charge in [0.05, 0.1) is 17.9 Å². The summed E-state index contributed by atoms with van der Waals surface area (Å²) in [7, 11) is 2.01. The summed E-state index contributed by atoms with van der Waals surface area (Å²) >= 11 is 3.82. The summed E-state index contributed by atoms with van der Waals surface area (Å²) < 4.78 is 1.28. The molecule has 0 spiro atoms. The molecular formula is C28H36BrN3. The number of rotatable bonds is 8. The quantitative estimate of drug-likeness (QED) is 0.391. The Bertz CT molecular complexity index is 1040. The van der Waals surface area contributed by atoms with Crippen molar-refractivity contribution in [1.29, 1.82) is 0 Å². The highest BCUT2D eigenvalue weighted by atomic mass is 79.9. The predicted molar refractivity (Wildman–Crippen MR) is 140 cm³/mol. The Morgan fingerprint density at radius 2 is 2.12 bits per heavy atom. The highest BCUT2D eigenvalue weighted by molar-refractivity contribution is 9.11. The summed E-state index contributed by atoms with van der Waals surface area (Å²) in [6.45, 7) is 11.0. The molecule has 2 fully saturated rings. The van der Waals surface area contributed by atoms with Crippen LogP contribution in [-0.2, 0) is 0 Å². The fourth-order valence-corrected chi connectivity index (χ4v) is 6.40. The lowest BCUT2D eigenvalue weighted by Gasteiger charge is -2.43. The third-order valence-corrected chi connectivity index (χ3v) is 8.13. The Labute approximate surface area is 201 Å². The lowest BCUT2D eigenvalue weighted by Crippen LogP contribution is -2.33. The fourth-order valence-electron chi connectivity index (χ4n) is 5.71. The zero-order valence-corrected chi connectivity index (χ0v) is 21.5. The van der Waals surface area contributed by atoms with Gasteiger partial charge >= 0.3 is 0 Å². The molecule has 170 valence electrons. The van der Waals surface area contributed by atoms with Crippen LogP contribution < -0.4 is 5.32 Å². The topological polar surface area (TPSA) is 40.7 Å². The number of halogens is 1. The number of benzene rings is 1. The van der Waals surface area contributed by atoms with Crippen molar-refractivity contribution in [1.82, 2.24) is 15.3 Å². The van der Waals surface area contributed by atoms with E-state index in [2.05, 4.69) is 82.8 Å². The van der Waals surface area contributed by atoms with Crippen LogP contribution in [0.4, 0.5) is 0 Å². The minimum Gasteiger partial charge on any atom is -0.341 e. The van der Waals surface area contributed by atoms with Crippen molar-refractivity contribution in [2.24, 2.45) is 11.3 Å². The third-order valence-electron chi connectivity index (χ3n) is 7.74. The molecule has 1 heterocycles. The van der Waals surface area contributed by atoms with Gasteiger partial charge in [0.25, 0.3) is 0 Å². The molecule has 0 radical (unpaired) electrons. The van der Waals surface area contributed by atoms with Crippen molar-refractivity contribution in [2.75, 3.05) is 7.05 Å². The Hall–Kier alpha value is -1.91. The number of nitrogens with zero attached hydrogens (tertiary/aromatic N) is 1. The van der Waals surface area contributed by atoms with Crippen LogP contribution in [0.1, 0.15) is 76.7 Å². The van der Waals surface area contributed by atoms with Gasteiger partial charge in [-0.3, -0.25) is 0 Å². The van der Waals surface area contributed by atoms with Crippen LogP contribution in [0.5, 0.6) is 0 Å². The molecule has 2 saturated carbocycles. The molecule has 1 aromatic heterocycles. The molecule has 2 aromatic rings. The molecule has 0 aliphatic heterocycles. The third kappa shape index (κ3) is 4.08. The second-order valence-electron chi connectivity index (χ2n) is 9.60. The molecule has 3 nitrogen and oxygen atoms in total. The van der Waals surface area contributed by atoms with Crippen molar-refractivity contribution < 1.29 is 0 Å². The van der Waals surface area contributed by atoms with E-state index in [4.69, 9.17) is 0 Å². The number of nitrogens with one attached hydrogen (secondary N) is 2. The van der Waals surface area contributed by atoms with Gasteiger partial charge in [0.2, 0.25) is 0 Å². The summed E-state index contributed by atoms with van der Waals surface area (Å²) in [6, 6.07) is 9.14. The second-order valence-corrected chi connectivity index (χ2v) is 10.8. The van der Waals surface area contributed by atoms with E-state index in [-0.39, 0.29) is 6.04 Å². The smallest absolute Gasteiger partial charge is 0.123 e. The van der Waals surface area contributed by atoms with Crippen LogP contribution >= 0.6 is 15.9 Å². The van der Waals surface area contributed by atoms with E-state index in [9.17, 15) is 0 Å². The first kappa shape index (κ1) is 23.3. The van der Waals surface area contributed by atoms with Crippen molar-refractivity contribution >= 4 is 21.5 Å². The van der Waals surface area contributed by atoms with Gasteiger partial charge < -0.3 is 10.3 Å². The monoisotopic (exact) mass is 493 g/mol. The van der Waals surface area contributed by atoms with E-state index in [0.717, 1.165) is 35.8 Å². The molecule has 4 rings (SSSR count). The van der Waals surface area contributed by atoms with Crippen LogP contribution in [0.25, 0.3) is 16.8 Å². The largest absolute Gasteiger partial charge is 0.341 e. The summed E-state index contributed by atoms with van der Waals surface area (Å²) in [4.78, 5) is 8.19. The summed E-state index contributed by atoms with van der Waals surface area (Å²) in [5, 5.41) is 3.39. The lowest BCUT2D eigenvalue weighted by molar-refractivity contribution is 0.124. The van der Waals surface area contributed by atoms with Gasteiger partial charge in [0, 0.05) is 0 Å². The molecule has 32 heavy (non-hydrogen) atoms. The SMILES string of the molecule is C=C/C(=C1/CC2CCC2(C)/C1=C(/C)Br)c1ccc(-c2cnc([C@H](CCCC)NC)[nH]2)cc1. The minimum absolute atomic E-state index is 0.275. The van der Waals surface area contributed by atoms with Crippen molar-refractivity contribution in [2.45, 2.75) is 65.3 Å². The molecular weight excluding hydrogens is 458 g/mol. The fraction of sp³-hybridized carbons (Fsp3) is 0.464. The normalized spacial score (nSPS) is 26.3. The van der Waals surface area contributed by atoms with Gasteiger partial charge in [-0.1, -0.05) is 79.5 Å². The molecule has 0 saturated heterocycles. The van der Waals surface area contributed by atoms with E-state index in [1.165, 1.54) is 52.4 Å². The van der Waals surface area contributed by atoms with Crippen LogP contribution in [-0.4, -0.2) is 17.0 Å². The molecule has 2 aliphatic rings. The maximum absolute atomic E-state index is 4.66. The van der Waals surface area contributed by atoms with Crippen molar-refractivity contribution in [3.05, 3.63) is 70.1 Å². The molecule has 3 atom stereocenters. The standard InChI is InChI=1S/C28H36BrN3/c1-6-8-9-24(30-5)27-31-17-25(32-27)20-12-10-19(11-13-20)22(7-2)23-16-21-14-15-28(21,4)26(23)18(3)29/h7,10-13,17,21,24,30H,2,6,8-9,14-16H2,1,3-5H3,(H,31,32)/b23-22+,26-18-/t21?,24-,28?/m0/s1. The zero-order valence-electron chi connectivity index (χ0n) is 19.9. The van der Waals surface area contributed by atoms with Gasteiger partial charge in [0.15, 0.2) is 0 Å². The van der Waals surface area contributed by atoms with Crippen LogP contribution in [0.2, 0.25) is 0 Å². The van der Waals surface area contributed by atoms with Gasteiger partial charge in [0.1, 0.15) is 5.82 Å². The maximum atomic E-state index is 4.66. The van der Waals surface area contributed by atoms with Gasteiger partial charge in [-0.05, 0) is 83.3 Å². The zero-order chi connectivity index (χ0) is 22.9. The Kier molecular flexibility index (Phi) is 6.92. The average Bonchev–Trinajstić information content (AvgIpc) is 3.34. The summed E-state index contributed by atoms with van der Waals surface area (Å²) in [6.07, 6.45) is 11.3. The number of hydrogen-bond acceptors (Lipinski definition) is 2. The van der Waals surface area contributed by atoms with Gasteiger partial charge in [-0.2, -0.15) is 0 Å². The minimum atomic E-state index is 0.275. The first-order chi connectivity index (χ1) is 15.4. The molecule has 0 amide bonds. The van der Waals surface area contributed by atoms with Gasteiger partial charge in [-0.15, -0.1) is 0 Å². The Balaban J connectivity index is 1.62.